The van der Waals surface area contributed by atoms with Crippen LogP contribution in [0.25, 0.3) is 22.3 Å². The summed E-state index contributed by atoms with van der Waals surface area (Å²) in [5.74, 6) is 2.38. The molecule has 0 amide bonds. The van der Waals surface area contributed by atoms with Crippen LogP contribution in [0, 0.1) is 12.8 Å². The van der Waals surface area contributed by atoms with Gasteiger partial charge in [0.05, 0.1) is 11.1 Å². The number of rotatable bonds is 2. The summed E-state index contributed by atoms with van der Waals surface area (Å²) < 4.78 is 0. The zero-order chi connectivity index (χ0) is 17.0. The number of benzene rings is 2. The third kappa shape index (κ3) is 2.29. The molecule has 1 saturated heterocycles. The summed E-state index contributed by atoms with van der Waals surface area (Å²) in [7, 11) is 0. The molecular weight excluding hydrogens is 310 g/mol. The van der Waals surface area contributed by atoms with Gasteiger partial charge in [0.25, 0.3) is 0 Å². The third-order valence-electron chi connectivity index (χ3n) is 5.23. The maximum atomic E-state index is 10.2. The lowest BCUT2D eigenvalue weighted by Crippen LogP contribution is -2.30. The van der Waals surface area contributed by atoms with E-state index in [0.717, 1.165) is 23.3 Å². The first-order valence-corrected chi connectivity index (χ1v) is 8.71. The van der Waals surface area contributed by atoms with Gasteiger partial charge in [-0.05, 0) is 49.1 Å². The van der Waals surface area contributed by atoms with E-state index in [1.165, 1.54) is 12.0 Å². The van der Waals surface area contributed by atoms with E-state index in [1.807, 2.05) is 18.2 Å². The molecule has 4 nitrogen and oxygen atoms in total. The van der Waals surface area contributed by atoms with Crippen molar-refractivity contribution in [1.82, 2.24) is 9.97 Å². The smallest absolute Gasteiger partial charge is 0.165 e. The molecule has 1 aliphatic carbocycles. The average Bonchev–Trinajstić information content (AvgIpc) is 3.24. The van der Waals surface area contributed by atoms with Gasteiger partial charge in [-0.25, -0.2) is 9.97 Å². The van der Waals surface area contributed by atoms with Crippen LogP contribution in [0.5, 0.6) is 5.75 Å². The molecule has 25 heavy (non-hydrogen) atoms. The minimum atomic E-state index is 0.211. The SMILES string of the molecule is Cc1ccc2c(N3CC4C=CC3C4)nc(-c3ccccc3O)nc2c1. The molecule has 2 aliphatic rings. The Labute approximate surface area is 146 Å². The van der Waals surface area contributed by atoms with Crippen molar-refractivity contribution < 1.29 is 5.11 Å². The first-order valence-electron chi connectivity index (χ1n) is 8.71. The fraction of sp³-hybridized carbons (Fsp3) is 0.238. The Morgan fingerprint density at radius 2 is 1.96 bits per heavy atom. The van der Waals surface area contributed by atoms with Gasteiger partial charge in [-0.1, -0.05) is 30.4 Å². The lowest BCUT2D eigenvalue weighted by molar-refractivity contribution is 0.477. The highest BCUT2D eigenvalue weighted by Crippen LogP contribution is 2.39. The summed E-state index contributed by atoms with van der Waals surface area (Å²) in [5, 5.41) is 11.3. The van der Waals surface area contributed by atoms with Crippen LogP contribution in [-0.4, -0.2) is 27.7 Å². The standard InChI is InChI=1S/C21H19N3O/c1-13-6-9-16-18(10-13)22-20(17-4-2-3-5-19(17)25)23-21(16)24-12-14-7-8-15(24)11-14/h2-10,14-15,25H,11-12H2,1H3. The number of anilines is 1. The number of fused-ring (bicyclic) bond motifs is 3. The van der Waals surface area contributed by atoms with Crippen LogP contribution < -0.4 is 4.90 Å². The van der Waals surface area contributed by atoms with E-state index in [9.17, 15) is 5.11 Å². The Hall–Kier alpha value is -2.88. The van der Waals surface area contributed by atoms with E-state index in [1.54, 1.807) is 6.07 Å². The van der Waals surface area contributed by atoms with Crippen LogP contribution in [0.1, 0.15) is 12.0 Å². The molecule has 1 N–H and O–H groups in total. The van der Waals surface area contributed by atoms with Crippen molar-refractivity contribution in [3.05, 3.63) is 60.2 Å². The summed E-state index contributed by atoms with van der Waals surface area (Å²) >= 11 is 0. The Kier molecular flexibility index (Phi) is 3.07. The van der Waals surface area contributed by atoms with Gasteiger partial charge in [0.15, 0.2) is 5.82 Å². The molecule has 2 aromatic carbocycles. The van der Waals surface area contributed by atoms with Gasteiger partial charge in [0, 0.05) is 18.0 Å². The lowest BCUT2D eigenvalue weighted by atomic mass is 10.1. The van der Waals surface area contributed by atoms with E-state index in [4.69, 9.17) is 9.97 Å². The molecule has 1 aromatic heterocycles. The lowest BCUT2D eigenvalue weighted by Gasteiger charge is -2.26. The van der Waals surface area contributed by atoms with Crippen molar-refractivity contribution in [3.63, 3.8) is 0 Å². The van der Waals surface area contributed by atoms with Gasteiger partial charge in [0.1, 0.15) is 11.6 Å². The molecule has 124 valence electrons. The molecule has 3 aromatic rings. The topological polar surface area (TPSA) is 49.2 Å². The maximum absolute atomic E-state index is 10.2. The first-order chi connectivity index (χ1) is 12.2. The number of phenols is 1. The molecule has 1 fully saturated rings. The van der Waals surface area contributed by atoms with Crippen molar-refractivity contribution in [1.29, 1.82) is 0 Å². The zero-order valence-corrected chi connectivity index (χ0v) is 14.1. The summed E-state index contributed by atoms with van der Waals surface area (Å²) in [6, 6.07) is 14.0. The van der Waals surface area contributed by atoms with Gasteiger partial charge in [0.2, 0.25) is 0 Å². The van der Waals surface area contributed by atoms with Crippen LogP contribution >= 0.6 is 0 Å². The largest absolute Gasteiger partial charge is 0.507 e. The predicted octanol–water partition coefficient (Wildman–Crippen LogP) is 4.08. The second-order valence-corrected chi connectivity index (χ2v) is 7.01. The Morgan fingerprint density at radius 1 is 1.08 bits per heavy atom. The fourth-order valence-corrected chi connectivity index (χ4v) is 3.98. The van der Waals surface area contributed by atoms with Crippen molar-refractivity contribution in [3.8, 4) is 17.1 Å². The maximum Gasteiger partial charge on any atom is 0.165 e. The van der Waals surface area contributed by atoms with Crippen LogP contribution in [0.2, 0.25) is 0 Å². The monoisotopic (exact) mass is 329 g/mol. The molecule has 2 bridgehead atoms. The minimum Gasteiger partial charge on any atom is -0.507 e. The molecule has 0 radical (unpaired) electrons. The molecule has 5 rings (SSSR count). The Morgan fingerprint density at radius 3 is 2.72 bits per heavy atom. The summed E-state index contributed by atoms with van der Waals surface area (Å²) in [6.07, 6.45) is 5.78. The van der Waals surface area contributed by atoms with Crippen LogP contribution in [0.4, 0.5) is 5.82 Å². The van der Waals surface area contributed by atoms with E-state index in [-0.39, 0.29) is 5.75 Å². The number of nitrogens with zero attached hydrogens (tertiary/aromatic N) is 3. The van der Waals surface area contributed by atoms with Crippen molar-refractivity contribution >= 4 is 16.7 Å². The molecule has 4 heteroatoms. The van der Waals surface area contributed by atoms with Gasteiger partial charge >= 0.3 is 0 Å². The fourth-order valence-electron chi connectivity index (χ4n) is 3.98. The number of aromatic nitrogens is 2. The predicted molar refractivity (Wildman–Crippen MR) is 99.8 cm³/mol. The van der Waals surface area contributed by atoms with Gasteiger partial charge in [-0.15, -0.1) is 0 Å². The Balaban J connectivity index is 1.75. The highest BCUT2D eigenvalue weighted by atomic mass is 16.3. The normalized spacial score (nSPS) is 21.4. The van der Waals surface area contributed by atoms with Crippen molar-refractivity contribution in [2.75, 3.05) is 11.4 Å². The van der Waals surface area contributed by atoms with Crippen molar-refractivity contribution in [2.45, 2.75) is 19.4 Å². The molecule has 2 atom stereocenters. The molecule has 0 spiro atoms. The summed E-state index contributed by atoms with van der Waals surface area (Å²) in [4.78, 5) is 12.0. The van der Waals surface area contributed by atoms with Gasteiger partial charge in [-0.2, -0.15) is 0 Å². The number of phenolic OH excluding ortho intramolecular Hbond substituents is 1. The number of para-hydroxylation sites is 1. The number of aromatic hydroxyl groups is 1. The second kappa shape index (κ2) is 5.31. The zero-order valence-electron chi connectivity index (χ0n) is 14.1. The molecule has 2 heterocycles. The Bertz CT molecular complexity index is 1010. The van der Waals surface area contributed by atoms with E-state index in [0.29, 0.717) is 23.3 Å². The number of hydrogen-bond donors (Lipinski definition) is 1. The van der Waals surface area contributed by atoms with Crippen LogP contribution in [0.15, 0.2) is 54.6 Å². The number of aryl methyl sites for hydroxylation is 1. The van der Waals surface area contributed by atoms with E-state index < -0.39 is 0 Å². The number of hydrogen-bond acceptors (Lipinski definition) is 4. The second-order valence-electron chi connectivity index (χ2n) is 7.01. The first kappa shape index (κ1) is 14.5. The molecular formula is C21H19N3O. The highest BCUT2D eigenvalue weighted by molar-refractivity contribution is 5.92. The van der Waals surface area contributed by atoms with E-state index >= 15 is 0 Å². The third-order valence-corrected chi connectivity index (χ3v) is 5.23. The minimum absolute atomic E-state index is 0.211. The highest BCUT2D eigenvalue weighted by Gasteiger charge is 2.35. The van der Waals surface area contributed by atoms with Gasteiger partial charge in [-0.3, -0.25) is 0 Å². The van der Waals surface area contributed by atoms with Crippen molar-refractivity contribution in [2.24, 2.45) is 5.92 Å². The summed E-state index contributed by atoms with van der Waals surface area (Å²) in [6.45, 7) is 3.07. The average molecular weight is 329 g/mol. The summed E-state index contributed by atoms with van der Waals surface area (Å²) in [5.41, 5.74) is 2.77. The van der Waals surface area contributed by atoms with Gasteiger partial charge < -0.3 is 10.0 Å². The van der Waals surface area contributed by atoms with E-state index in [2.05, 4.69) is 42.2 Å². The van der Waals surface area contributed by atoms with Crippen LogP contribution in [0.3, 0.4) is 0 Å². The van der Waals surface area contributed by atoms with Crippen LogP contribution in [-0.2, 0) is 0 Å². The molecule has 2 unspecified atom stereocenters. The molecule has 1 aliphatic heterocycles. The molecule has 0 saturated carbocycles. The quantitative estimate of drug-likeness (QED) is 0.720.